The summed E-state index contributed by atoms with van der Waals surface area (Å²) < 4.78 is 3.26. The first-order valence-electron chi connectivity index (χ1n) is 11.4. The number of ether oxygens (including phenoxy) is 1. The van der Waals surface area contributed by atoms with Crippen molar-refractivity contribution in [1.82, 2.24) is 21.1 Å². The van der Waals surface area contributed by atoms with Crippen molar-refractivity contribution in [1.29, 1.82) is 0 Å². The van der Waals surface area contributed by atoms with Gasteiger partial charge in [0.1, 0.15) is 24.7 Å². The predicted octanol–water partition coefficient (Wildman–Crippen LogP) is 2.79. The van der Waals surface area contributed by atoms with Gasteiger partial charge in [-0.3, -0.25) is 24.2 Å². The van der Waals surface area contributed by atoms with Gasteiger partial charge in [0.05, 0.1) is 0 Å². The molecule has 3 atom stereocenters. The fourth-order valence-corrected chi connectivity index (χ4v) is 3.49. The Labute approximate surface area is 216 Å². The largest absolute Gasteiger partial charge is 0.460 e. The number of allylic oxidation sites excluding steroid dienone is 1. The van der Waals surface area contributed by atoms with Crippen LogP contribution in [-0.4, -0.2) is 63.8 Å². The van der Waals surface area contributed by atoms with Crippen molar-refractivity contribution in [3.63, 3.8) is 0 Å². The van der Waals surface area contributed by atoms with Gasteiger partial charge >= 0.3 is 5.97 Å². The van der Waals surface area contributed by atoms with Crippen molar-refractivity contribution in [3.8, 4) is 0 Å². The molecule has 1 heterocycles. The molecule has 0 bridgehead atoms. The number of rotatable bonds is 12. The van der Waals surface area contributed by atoms with Crippen LogP contribution in [0.4, 0.5) is 0 Å². The van der Waals surface area contributed by atoms with E-state index < -0.39 is 46.3 Å². The fourth-order valence-electron chi connectivity index (χ4n) is 3.32. The van der Waals surface area contributed by atoms with Gasteiger partial charge in [-0.25, -0.2) is 5.43 Å². The van der Waals surface area contributed by atoms with Gasteiger partial charge in [0.15, 0.2) is 0 Å². The molecule has 0 saturated carbocycles. The van der Waals surface area contributed by atoms with Gasteiger partial charge < -0.3 is 15.4 Å². The molecule has 1 aliphatic heterocycles. The highest BCUT2D eigenvalue weighted by atomic mass is 35.6. The lowest BCUT2D eigenvalue weighted by Gasteiger charge is -2.34. The quantitative estimate of drug-likeness (QED) is 0.151. The van der Waals surface area contributed by atoms with E-state index in [1.54, 1.807) is 13.0 Å². The topological polar surface area (TPSA) is 117 Å². The van der Waals surface area contributed by atoms with Crippen LogP contribution in [-0.2, 0) is 23.9 Å². The third-order valence-electron chi connectivity index (χ3n) is 5.17. The lowest BCUT2D eigenvalue weighted by molar-refractivity contribution is -0.152. The second kappa shape index (κ2) is 14.8. The van der Waals surface area contributed by atoms with E-state index in [4.69, 9.17) is 39.5 Å². The van der Waals surface area contributed by atoms with Gasteiger partial charge in [-0.05, 0) is 44.9 Å². The zero-order chi connectivity index (χ0) is 25.9. The molecule has 0 aromatic carbocycles. The molecule has 0 radical (unpaired) electrons. The minimum Gasteiger partial charge on any atom is -0.460 e. The average molecular weight is 542 g/mol. The third kappa shape index (κ3) is 11.3. The van der Waals surface area contributed by atoms with Gasteiger partial charge in [0, 0.05) is 13.0 Å². The molecule has 1 rings (SSSR count). The summed E-state index contributed by atoms with van der Waals surface area (Å²) in [4.78, 5) is 50.1. The minimum atomic E-state index is -1.73. The summed E-state index contributed by atoms with van der Waals surface area (Å²) in [6, 6.07) is -2.44. The van der Waals surface area contributed by atoms with Crippen LogP contribution in [0.5, 0.6) is 0 Å². The molecule has 1 aliphatic rings. The van der Waals surface area contributed by atoms with E-state index in [2.05, 4.69) is 22.6 Å². The lowest BCUT2D eigenvalue weighted by Crippen LogP contribution is -2.61. The number of halogens is 3. The highest BCUT2D eigenvalue weighted by Gasteiger charge is 2.34. The van der Waals surface area contributed by atoms with Gasteiger partial charge in [0.25, 0.3) is 5.91 Å². The molecule has 3 N–H and O–H groups in total. The molecule has 1 fully saturated rings. The van der Waals surface area contributed by atoms with E-state index in [1.165, 1.54) is 5.01 Å². The first-order valence-corrected chi connectivity index (χ1v) is 12.5. The van der Waals surface area contributed by atoms with E-state index in [9.17, 15) is 19.2 Å². The zero-order valence-electron chi connectivity index (χ0n) is 19.9. The van der Waals surface area contributed by atoms with E-state index in [1.807, 2.05) is 13.8 Å². The Morgan fingerprint density at radius 1 is 1.18 bits per heavy atom. The predicted molar refractivity (Wildman–Crippen MR) is 132 cm³/mol. The van der Waals surface area contributed by atoms with E-state index in [-0.39, 0.29) is 11.8 Å². The summed E-state index contributed by atoms with van der Waals surface area (Å²) >= 11 is 16.8. The van der Waals surface area contributed by atoms with Gasteiger partial charge in [-0.15, -0.1) is 6.58 Å². The van der Waals surface area contributed by atoms with Crippen LogP contribution in [0.25, 0.3) is 0 Å². The summed E-state index contributed by atoms with van der Waals surface area (Å²) in [5.41, 5.74) is 2.81. The number of carbonyl (C=O) groups is 4. The molecule has 12 heteroatoms. The zero-order valence-corrected chi connectivity index (χ0v) is 22.1. The smallest absolute Gasteiger partial charge is 0.325 e. The molecule has 34 heavy (non-hydrogen) atoms. The molecule has 0 aliphatic carbocycles. The van der Waals surface area contributed by atoms with Crippen LogP contribution in [0.2, 0.25) is 0 Å². The molecule has 9 nitrogen and oxygen atoms in total. The Morgan fingerprint density at radius 2 is 1.85 bits per heavy atom. The van der Waals surface area contributed by atoms with Crippen molar-refractivity contribution in [2.45, 2.75) is 81.2 Å². The lowest BCUT2D eigenvalue weighted by atomic mass is 10.0. The minimum absolute atomic E-state index is 0.176. The Hall–Kier alpha value is -1.55. The molecular formula is C22H35Cl3N4O5. The first-order chi connectivity index (χ1) is 15.9. The standard InChI is InChI=1S/C22H35Cl3N4O5/c1-5-6-7-8-11-17(30)27-18(14(2)3)19(31)26-15(4)20(32)29-12-9-10-16(28-29)21(33)34-13-22(23,24)25/h5,14-16,18,28H,1,6-13H2,2-4H3,(H,26,31)(H,27,30)/t15-,16-,18-/m0/s1. The molecule has 0 spiro atoms. The van der Waals surface area contributed by atoms with Crippen LogP contribution in [0, 0.1) is 5.92 Å². The number of nitrogens with one attached hydrogen (secondary N) is 3. The number of esters is 1. The van der Waals surface area contributed by atoms with Crippen molar-refractivity contribution in [2.75, 3.05) is 13.2 Å². The highest BCUT2D eigenvalue weighted by molar-refractivity contribution is 6.67. The number of hydrogen-bond acceptors (Lipinski definition) is 6. The summed E-state index contributed by atoms with van der Waals surface area (Å²) in [5.74, 6) is -1.91. The molecule has 0 aromatic heterocycles. The fraction of sp³-hybridized carbons (Fsp3) is 0.727. The second-order valence-corrected chi connectivity index (χ2v) is 11.1. The van der Waals surface area contributed by atoms with Crippen LogP contribution in [0.3, 0.4) is 0 Å². The van der Waals surface area contributed by atoms with Crippen molar-refractivity contribution >= 4 is 58.5 Å². The maximum Gasteiger partial charge on any atom is 0.325 e. The van der Waals surface area contributed by atoms with Gasteiger partial charge in [0.2, 0.25) is 15.6 Å². The number of amides is 3. The monoisotopic (exact) mass is 540 g/mol. The van der Waals surface area contributed by atoms with E-state index >= 15 is 0 Å². The van der Waals surface area contributed by atoms with Crippen molar-refractivity contribution in [2.24, 2.45) is 5.92 Å². The molecule has 0 aromatic rings. The first kappa shape index (κ1) is 30.5. The summed E-state index contributed by atoms with van der Waals surface area (Å²) in [5, 5.41) is 6.69. The van der Waals surface area contributed by atoms with Crippen LogP contribution >= 0.6 is 34.8 Å². The van der Waals surface area contributed by atoms with Crippen molar-refractivity contribution < 1.29 is 23.9 Å². The number of unbranched alkanes of at least 4 members (excludes halogenated alkanes) is 2. The summed E-state index contributed by atoms with van der Waals surface area (Å²) in [6.45, 7) is 8.76. The summed E-state index contributed by atoms with van der Waals surface area (Å²) in [6.07, 6.45) is 5.48. The van der Waals surface area contributed by atoms with Gasteiger partial charge in [-0.1, -0.05) is 54.7 Å². The third-order valence-corrected chi connectivity index (χ3v) is 5.50. The van der Waals surface area contributed by atoms with E-state index in [0.717, 1.165) is 12.8 Å². The van der Waals surface area contributed by atoms with Crippen LogP contribution in [0.15, 0.2) is 12.7 Å². The molecular weight excluding hydrogens is 507 g/mol. The Bertz CT molecular complexity index is 730. The maximum absolute atomic E-state index is 12.9. The van der Waals surface area contributed by atoms with Gasteiger partial charge in [-0.2, -0.15) is 0 Å². The number of carbonyl (C=O) groups excluding carboxylic acids is 4. The normalized spacial score (nSPS) is 18.1. The average Bonchev–Trinajstić information content (AvgIpc) is 2.77. The molecule has 194 valence electrons. The Balaban J connectivity index is 2.63. The number of hydrogen-bond donors (Lipinski definition) is 3. The van der Waals surface area contributed by atoms with E-state index in [0.29, 0.717) is 32.2 Å². The number of alkyl halides is 3. The second-order valence-electron chi connectivity index (χ2n) is 8.59. The SMILES string of the molecule is C=CCCCCC(=O)N[C@H](C(=O)N[C@@H](C)C(=O)N1CCC[C@@H](C(=O)OCC(Cl)(Cl)Cl)N1)C(C)C. The Kier molecular flexibility index (Phi) is 13.2. The van der Waals surface area contributed by atoms with Crippen LogP contribution < -0.4 is 16.1 Å². The highest BCUT2D eigenvalue weighted by Crippen LogP contribution is 2.26. The van der Waals surface area contributed by atoms with Crippen molar-refractivity contribution in [3.05, 3.63) is 12.7 Å². The van der Waals surface area contributed by atoms with Crippen LogP contribution in [0.1, 0.15) is 59.3 Å². The maximum atomic E-state index is 12.9. The Morgan fingerprint density at radius 3 is 2.44 bits per heavy atom. The number of hydrazine groups is 1. The number of nitrogens with zero attached hydrogens (tertiary/aromatic N) is 1. The molecule has 0 unspecified atom stereocenters. The molecule has 1 saturated heterocycles. The summed E-state index contributed by atoms with van der Waals surface area (Å²) in [7, 11) is 0. The molecule has 3 amide bonds.